The molecule has 2 aromatic rings. The minimum Gasteiger partial charge on any atom is -0.421 e. The van der Waals surface area contributed by atoms with Gasteiger partial charge in [-0.25, -0.2) is 4.39 Å². The molecule has 0 amide bonds. The highest BCUT2D eigenvalue weighted by molar-refractivity contribution is 5.51. The number of benzene rings is 1. The van der Waals surface area contributed by atoms with Gasteiger partial charge >= 0.3 is 0 Å². The molecule has 1 aromatic carbocycles. The summed E-state index contributed by atoms with van der Waals surface area (Å²) < 4.78 is 18.5. The molecule has 1 N–H and O–H groups in total. The van der Waals surface area contributed by atoms with Gasteiger partial charge in [-0.05, 0) is 24.3 Å². The number of nitrogens with zero attached hydrogens (tertiary/aromatic N) is 3. The zero-order chi connectivity index (χ0) is 13.8. The molecule has 0 spiro atoms. The number of piperazine rings is 1. The van der Waals surface area contributed by atoms with Crippen molar-refractivity contribution >= 4 is 0 Å². The Hall–Kier alpha value is -1.79. The van der Waals surface area contributed by atoms with E-state index in [-0.39, 0.29) is 5.82 Å². The lowest BCUT2D eigenvalue weighted by atomic mass is 10.2. The highest BCUT2D eigenvalue weighted by atomic mass is 19.1. The van der Waals surface area contributed by atoms with Gasteiger partial charge in [0.05, 0.1) is 0 Å². The molecular weight excluding hydrogens is 259 g/mol. The van der Waals surface area contributed by atoms with E-state index < -0.39 is 0 Å². The third-order valence-electron chi connectivity index (χ3n) is 3.41. The van der Waals surface area contributed by atoms with Gasteiger partial charge in [0.2, 0.25) is 11.8 Å². The first-order valence-electron chi connectivity index (χ1n) is 6.83. The Morgan fingerprint density at radius 3 is 2.65 bits per heavy atom. The summed E-state index contributed by atoms with van der Waals surface area (Å²) in [5.41, 5.74) is 0.743. The molecule has 2 heterocycles. The summed E-state index contributed by atoms with van der Waals surface area (Å²) in [6, 6.07) is 6.06. The SMILES string of the molecule is Fc1ccc(-c2nnc(CCN3CCNCC3)o2)cc1. The van der Waals surface area contributed by atoms with E-state index in [2.05, 4.69) is 20.4 Å². The van der Waals surface area contributed by atoms with Gasteiger partial charge in [-0.3, -0.25) is 0 Å². The van der Waals surface area contributed by atoms with Crippen LogP contribution in [0, 0.1) is 5.82 Å². The van der Waals surface area contributed by atoms with Crippen LogP contribution in [0.2, 0.25) is 0 Å². The van der Waals surface area contributed by atoms with Gasteiger partial charge in [0.15, 0.2) is 0 Å². The van der Waals surface area contributed by atoms with Crippen molar-refractivity contribution in [3.8, 4) is 11.5 Å². The summed E-state index contributed by atoms with van der Waals surface area (Å²) in [6.07, 6.45) is 0.744. The van der Waals surface area contributed by atoms with Crippen LogP contribution in [-0.2, 0) is 6.42 Å². The number of aromatic nitrogens is 2. The second-order valence-electron chi connectivity index (χ2n) is 4.85. The molecule has 1 saturated heterocycles. The standard InChI is InChI=1S/C14H17FN4O/c15-12-3-1-11(2-4-12)14-18-17-13(20-14)5-8-19-9-6-16-7-10-19/h1-4,16H,5-10H2. The molecule has 0 aliphatic carbocycles. The zero-order valence-electron chi connectivity index (χ0n) is 11.2. The Bertz CT molecular complexity index is 549. The third kappa shape index (κ3) is 3.20. The van der Waals surface area contributed by atoms with Crippen molar-refractivity contribution in [3.63, 3.8) is 0 Å². The minimum absolute atomic E-state index is 0.271. The number of nitrogens with one attached hydrogen (secondary N) is 1. The van der Waals surface area contributed by atoms with Crippen molar-refractivity contribution in [2.24, 2.45) is 0 Å². The first kappa shape index (κ1) is 13.2. The van der Waals surface area contributed by atoms with Crippen LogP contribution in [0.25, 0.3) is 11.5 Å². The van der Waals surface area contributed by atoms with E-state index in [4.69, 9.17) is 4.42 Å². The van der Waals surface area contributed by atoms with Crippen LogP contribution in [0.4, 0.5) is 4.39 Å². The fourth-order valence-corrected chi connectivity index (χ4v) is 2.25. The van der Waals surface area contributed by atoms with Crippen LogP contribution < -0.4 is 5.32 Å². The normalized spacial score (nSPS) is 16.4. The van der Waals surface area contributed by atoms with Gasteiger partial charge in [-0.15, -0.1) is 10.2 Å². The van der Waals surface area contributed by atoms with Gasteiger partial charge in [0.1, 0.15) is 5.82 Å². The Labute approximate surface area is 116 Å². The lowest BCUT2D eigenvalue weighted by Gasteiger charge is -2.26. The molecule has 106 valence electrons. The molecule has 1 aliphatic heterocycles. The van der Waals surface area contributed by atoms with Crippen LogP contribution in [0.5, 0.6) is 0 Å². The number of hydrogen-bond donors (Lipinski definition) is 1. The van der Waals surface area contributed by atoms with E-state index in [1.165, 1.54) is 12.1 Å². The second kappa shape index (κ2) is 6.11. The maximum atomic E-state index is 12.9. The first-order valence-corrected chi connectivity index (χ1v) is 6.83. The average Bonchev–Trinajstić information content (AvgIpc) is 2.96. The predicted octanol–water partition coefficient (Wildman–Crippen LogP) is 1.32. The lowest BCUT2D eigenvalue weighted by Crippen LogP contribution is -2.44. The van der Waals surface area contributed by atoms with Gasteiger partial charge in [0.25, 0.3) is 0 Å². The molecule has 5 nitrogen and oxygen atoms in total. The predicted molar refractivity (Wildman–Crippen MR) is 72.7 cm³/mol. The summed E-state index contributed by atoms with van der Waals surface area (Å²) >= 11 is 0. The van der Waals surface area contributed by atoms with Crippen molar-refractivity contribution in [1.29, 1.82) is 0 Å². The van der Waals surface area contributed by atoms with E-state index in [1.807, 2.05) is 0 Å². The second-order valence-corrected chi connectivity index (χ2v) is 4.85. The molecule has 20 heavy (non-hydrogen) atoms. The monoisotopic (exact) mass is 276 g/mol. The fourth-order valence-electron chi connectivity index (χ4n) is 2.25. The van der Waals surface area contributed by atoms with Gasteiger partial charge in [0, 0.05) is 44.7 Å². The maximum absolute atomic E-state index is 12.9. The summed E-state index contributed by atoms with van der Waals surface area (Å²) in [7, 11) is 0. The van der Waals surface area contributed by atoms with Crippen LogP contribution in [-0.4, -0.2) is 47.8 Å². The topological polar surface area (TPSA) is 54.2 Å². The quantitative estimate of drug-likeness (QED) is 0.913. The van der Waals surface area contributed by atoms with E-state index in [0.717, 1.165) is 44.7 Å². The highest BCUT2D eigenvalue weighted by Gasteiger charge is 2.12. The van der Waals surface area contributed by atoms with Crippen molar-refractivity contribution in [2.45, 2.75) is 6.42 Å². The van der Waals surface area contributed by atoms with E-state index in [9.17, 15) is 4.39 Å². The Balaban J connectivity index is 1.60. The van der Waals surface area contributed by atoms with Crippen molar-refractivity contribution in [3.05, 3.63) is 36.0 Å². The van der Waals surface area contributed by atoms with Crippen molar-refractivity contribution < 1.29 is 8.81 Å². The third-order valence-corrected chi connectivity index (χ3v) is 3.41. The molecule has 0 saturated carbocycles. The summed E-state index contributed by atoms with van der Waals surface area (Å²) in [4.78, 5) is 2.37. The highest BCUT2D eigenvalue weighted by Crippen LogP contribution is 2.18. The molecule has 6 heteroatoms. The number of halogens is 1. The van der Waals surface area contributed by atoms with Crippen LogP contribution in [0.1, 0.15) is 5.89 Å². The van der Waals surface area contributed by atoms with E-state index >= 15 is 0 Å². The van der Waals surface area contributed by atoms with E-state index in [0.29, 0.717) is 11.8 Å². The summed E-state index contributed by atoms with van der Waals surface area (Å²) in [5, 5.41) is 11.4. The number of hydrogen-bond acceptors (Lipinski definition) is 5. The van der Waals surface area contributed by atoms with Gasteiger partial charge in [-0.2, -0.15) is 0 Å². The van der Waals surface area contributed by atoms with Crippen molar-refractivity contribution in [1.82, 2.24) is 20.4 Å². The summed E-state index contributed by atoms with van der Waals surface area (Å²) in [5.74, 6) is 0.801. The molecule has 0 unspecified atom stereocenters. The lowest BCUT2D eigenvalue weighted by molar-refractivity contribution is 0.238. The Kier molecular flexibility index (Phi) is 4.03. The molecule has 1 aromatic heterocycles. The molecule has 0 bridgehead atoms. The number of rotatable bonds is 4. The summed E-state index contributed by atoms with van der Waals surface area (Å²) in [6.45, 7) is 5.10. The van der Waals surface area contributed by atoms with Crippen molar-refractivity contribution in [2.75, 3.05) is 32.7 Å². The molecule has 1 fully saturated rings. The molecule has 0 radical (unpaired) electrons. The Morgan fingerprint density at radius 2 is 1.90 bits per heavy atom. The van der Waals surface area contributed by atoms with Gasteiger partial charge < -0.3 is 14.6 Å². The maximum Gasteiger partial charge on any atom is 0.247 e. The van der Waals surface area contributed by atoms with Crippen LogP contribution in [0.15, 0.2) is 28.7 Å². The van der Waals surface area contributed by atoms with E-state index in [1.54, 1.807) is 12.1 Å². The van der Waals surface area contributed by atoms with Crippen LogP contribution in [0.3, 0.4) is 0 Å². The molecule has 0 atom stereocenters. The minimum atomic E-state index is -0.271. The molecule has 3 rings (SSSR count). The first-order chi connectivity index (χ1) is 9.81. The Morgan fingerprint density at radius 1 is 1.15 bits per heavy atom. The van der Waals surface area contributed by atoms with Gasteiger partial charge in [-0.1, -0.05) is 0 Å². The smallest absolute Gasteiger partial charge is 0.247 e. The fraction of sp³-hybridized carbons (Fsp3) is 0.429. The molecular formula is C14H17FN4O. The zero-order valence-corrected chi connectivity index (χ0v) is 11.2. The molecule has 1 aliphatic rings. The van der Waals surface area contributed by atoms with Crippen LogP contribution >= 0.6 is 0 Å². The largest absolute Gasteiger partial charge is 0.421 e. The average molecular weight is 276 g/mol.